The maximum absolute atomic E-state index is 5.94. The Morgan fingerprint density at radius 1 is 1.14 bits per heavy atom. The molecule has 4 rings (SSSR count). The largest absolute Gasteiger partial charge is 0.334 e. The van der Waals surface area contributed by atoms with Crippen molar-refractivity contribution >= 4 is 35.0 Å². The van der Waals surface area contributed by atoms with Crippen molar-refractivity contribution in [1.82, 2.24) is 29.7 Å². The summed E-state index contributed by atoms with van der Waals surface area (Å²) in [6.45, 7) is 0. The van der Waals surface area contributed by atoms with Gasteiger partial charge in [-0.3, -0.25) is 9.67 Å². The number of H-pyrrole nitrogens is 2. The molecule has 0 spiro atoms. The van der Waals surface area contributed by atoms with Gasteiger partial charge in [-0.1, -0.05) is 11.6 Å². The number of hydrogen-bond donors (Lipinski definition) is 2. The van der Waals surface area contributed by atoms with Crippen LogP contribution in [-0.4, -0.2) is 29.7 Å². The Morgan fingerprint density at radius 2 is 1.95 bits per heavy atom. The van der Waals surface area contributed by atoms with Gasteiger partial charge in [-0.25, -0.2) is 9.97 Å². The van der Waals surface area contributed by atoms with Gasteiger partial charge in [0.25, 0.3) is 0 Å². The molecule has 4 aromatic rings. The maximum atomic E-state index is 5.94. The van der Waals surface area contributed by atoms with Crippen LogP contribution < -0.4 is 0 Å². The molecule has 0 aliphatic heterocycles. The van der Waals surface area contributed by atoms with Crippen LogP contribution in [0, 0.1) is 4.77 Å². The van der Waals surface area contributed by atoms with E-state index in [1.807, 2.05) is 24.3 Å². The van der Waals surface area contributed by atoms with E-state index in [9.17, 15) is 0 Å². The van der Waals surface area contributed by atoms with Crippen molar-refractivity contribution in [3.8, 4) is 17.3 Å². The van der Waals surface area contributed by atoms with Crippen molar-refractivity contribution in [3.05, 3.63) is 52.4 Å². The number of aromatic amines is 2. The molecule has 1 aromatic carbocycles. The minimum absolute atomic E-state index is 0.478. The number of aromatic nitrogens is 6. The number of rotatable bonds is 2. The summed E-state index contributed by atoms with van der Waals surface area (Å²) in [5.41, 5.74) is 2.33. The number of benzene rings is 1. The van der Waals surface area contributed by atoms with E-state index >= 15 is 0 Å². The zero-order chi connectivity index (χ0) is 15.1. The lowest BCUT2D eigenvalue weighted by atomic mass is 10.3. The smallest absolute Gasteiger partial charge is 0.203 e. The number of nitrogens with one attached hydrogen (secondary N) is 2. The van der Waals surface area contributed by atoms with E-state index in [0.29, 0.717) is 27.1 Å². The summed E-state index contributed by atoms with van der Waals surface area (Å²) >= 11 is 11.3. The minimum Gasteiger partial charge on any atom is -0.334 e. The van der Waals surface area contributed by atoms with Crippen LogP contribution in [0.4, 0.5) is 0 Å². The summed E-state index contributed by atoms with van der Waals surface area (Å²) < 4.78 is 2.27. The Balaban J connectivity index is 1.93. The molecule has 0 saturated carbocycles. The number of pyridine rings is 1. The minimum atomic E-state index is 0.478. The molecule has 0 fully saturated rings. The van der Waals surface area contributed by atoms with Crippen LogP contribution in [0.15, 0.2) is 42.6 Å². The molecule has 0 radical (unpaired) electrons. The van der Waals surface area contributed by atoms with Crippen molar-refractivity contribution in [2.75, 3.05) is 0 Å². The topological polar surface area (TPSA) is 75.2 Å². The fraction of sp³-hybridized carbons (Fsp3) is 0. The molecule has 0 bridgehead atoms. The maximum Gasteiger partial charge on any atom is 0.203 e. The lowest BCUT2D eigenvalue weighted by molar-refractivity contribution is 1.03. The average Bonchev–Trinajstić information content (AvgIpc) is 3.11. The first-order chi connectivity index (χ1) is 10.7. The highest BCUT2D eigenvalue weighted by atomic mass is 35.5. The second kappa shape index (κ2) is 5.04. The predicted molar refractivity (Wildman–Crippen MR) is 86.6 cm³/mol. The number of halogens is 1. The molecule has 22 heavy (non-hydrogen) atoms. The second-order valence-corrected chi connectivity index (χ2v) is 5.45. The van der Waals surface area contributed by atoms with Gasteiger partial charge in [0.1, 0.15) is 0 Å². The lowest BCUT2D eigenvalue weighted by Gasteiger charge is -2.04. The van der Waals surface area contributed by atoms with Crippen LogP contribution in [0.5, 0.6) is 0 Å². The van der Waals surface area contributed by atoms with Crippen molar-refractivity contribution < 1.29 is 0 Å². The third kappa shape index (κ3) is 2.11. The molecule has 8 heteroatoms. The molecule has 108 valence electrons. The Bertz CT molecular complexity index is 981. The molecular weight excluding hydrogens is 320 g/mol. The molecule has 2 N–H and O–H groups in total. The fourth-order valence-corrected chi connectivity index (χ4v) is 2.60. The molecule has 6 nitrogen and oxygen atoms in total. The molecule has 3 aromatic heterocycles. The van der Waals surface area contributed by atoms with Crippen LogP contribution in [-0.2, 0) is 0 Å². The zero-order valence-electron chi connectivity index (χ0n) is 11.1. The van der Waals surface area contributed by atoms with E-state index in [4.69, 9.17) is 23.8 Å². The molecule has 0 unspecified atom stereocenters. The number of fused-ring (bicyclic) bond motifs is 1. The zero-order valence-corrected chi connectivity index (χ0v) is 12.7. The Hall–Kier alpha value is -2.51. The molecule has 0 aliphatic rings. The molecule has 3 heterocycles. The normalized spacial score (nSPS) is 11.1. The number of imidazole rings is 1. The summed E-state index contributed by atoms with van der Waals surface area (Å²) in [5, 5.41) is 7.73. The van der Waals surface area contributed by atoms with Gasteiger partial charge in [-0.05, 0) is 48.6 Å². The number of hydrogen-bond acceptors (Lipinski definition) is 4. The Labute approximate surface area is 134 Å². The first kappa shape index (κ1) is 13.2. The van der Waals surface area contributed by atoms with Gasteiger partial charge in [0.05, 0.1) is 11.2 Å². The first-order valence-corrected chi connectivity index (χ1v) is 7.25. The van der Waals surface area contributed by atoms with Gasteiger partial charge in [-0.15, -0.1) is 0 Å². The summed E-state index contributed by atoms with van der Waals surface area (Å²) in [4.78, 5) is 11.9. The van der Waals surface area contributed by atoms with Crippen LogP contribution in [0.3, 0.4) is 0 Å². The van der Waals surface area contributed by atoms with Crippen LogP contribution in [0.25, 0.3) is 28.5 Å². The van der Waals surface area contributed by atoms with E-state index in [1.54, 1.807) is 22.9 Å². The third-order valence-electron chi connectivity index (χ3n) is 3.23. The van der Waals surface area contributed by atoms with Crippen molar-refractivity contribution in [2.45, 2.75) is 0 Å². The van der Waals surface area contributed by atoms with Gasteiger partial charge in [0.15, 0.2) is 16.2 Å². The molecule has 0 amide bonds. The Morgan fingerprint density at radius 3 is 2.73 bits per heavy atom. The van der Waals surface area contributed by atoms with E-state index in [2.05, 4.69) is 25.1 Å². The molecule has 0 saturated heterocycles. The van der Waals surface area contributed by atoms with Crippen molar-refractivity contribution in [1.29, 1.82) is 0 Å². The van der Waals surface area contributed by atoms with Gasteiger partial charge >= 0.3 is 0 Å². The highest BCUT2D eigenvalue weighted by Gasteiger charge is 2.15. The van der Waals surface area contributed by atoms with Crippen LogP contribution >= 0.6 is 23.8 Å². The van der Waals surface area contributed by atoms with Gasteiger partial charge in [0, 0.05) is 11.2 Å². The summed E-state index contributed by atoms with van der Waals surface area (Å²) in [7, 11) is 0. The lowest BCUT2D eigenvalue weighted by Crippen LogP contribution is -1.98. The van der Waals surface area contributed by atoms with E-state index in [0.717, 1.165) is 11.2 Å². The molecule has 0 atom stereocenters. The summed E-state index contributed by atoms with van der Waals surface area (Å²) in [6, 6.07) is 11.1. The molecule has 0 aliphatic carbocycles. The SMILES string of the molecule is S=c1[nH]nc(-c2nc3ncccc3[nH]2)n1-c1ccc(Cl)cc1. The Kier molecular flexibility index (Phi) is 3.02. The van der Waals surface area contributed by atoms with Crippen molar-refractivity contribution in [2.24, 2.45) is 0 Å². The summed E-state index contributed by atoms with van der Waals surface area (Å²) in [5.74, 6) is 1.18. The van der Waals surface area contributed by atoms with Crippen LogP contribution in [0.1, 0.15) is 0 Å². The third-order valence-corrected chi connectivity index (χ3v) is 3.75. The highest BCUT2D eigenvalue weighted by Crippen LogP contribution is 2.22. The highest BCUT2D eigenvalue weighted by molar-refractivity contribution is 7.71. The quantitative estimate of drug-likeness (QED) is 0.552. The summed E-state index contributed by atoms with van der Waals surface area (Å²) in [6.07, 6.45) is 1.70. The monoisotopic (exact) mass is 328 g/mol. The van der Waals surface area contributed by atoms with Gasteiger partial charge in [0.2, 0.25) is 5.82 Å². The van der Waals surface area contributed by atoms with E-state index in [1.165, 1.54) is 0 Å². The van der Waals surface area contributed by atoms with E-state index in [-0.39, 0.29) is 0 Å². The fourth-order valence-electron chi connectivity index (χ4n) is 2.24. The first-order valence-electron chi connectivity index (χ1n) is 6.47. The number of nitrogens with zero attached hydrogens (tertiary/aromatic N) is 4. The predicted octanol–water partition coefficient (Wildman–Crippen LogP) is 3.52. The van der Waals surface area contributed by atoms with Gasteiger partial charge in [-0.2, -0.15) is 5.10 Å². The molecular formula is C14H9ClN6S. The average molecular weight is 329 g/mol. The van der Waals surface area contributed by atoms with Crippen molar-refractivity contribution in [3.63, 3.8) is 0 Å². The van der Waals surface area contributed by atoms with Crippen LogP contribution in [0.2, 0.25) is 5.02 Å². The second-order valence-electron chi connectivity index (χ2n) is 4.62. The standard InChI is InChI=1S/C14H9ClN6S/c15-8-3-5-9(6-4-8)21-13(19-20-14(21)22)12-17-10-2-1-7-16-11(10)18-12/h1-7H,(H,20,22)(H,16,17,18). The van der Waals surface area contributed by atoms with E-state index < -0.39 is 0 Å². The van der Waals surface area contributed by atoms with Gasteiger partial charge < -0.3 is 4.98 Å².